The molecule has 0 saturated carbocycles. The van der Waals surface area contributed by atoms with Crippen molar-refractivity contribution in [2.75, 3.05) is 18.5 Å². The van der Waals surface area contributed by atoms with E-state index in [2.05, 4.69) is 15.5 Å². The van der Waals surface area contributed by atoms with Gasteiger partial charge in [-0.25, -0.2) is 4.68 Å². The van der Waals surface area contributed by atoms with E-state index in [0.29, 0.717) is 5.95 Å². The van der Waals surface area contributed by atoms with E-state index in [1.807, 2.05) is 0 Å². The van der Waals surface area contributed by atoms with Crippen LogP contribution in [0.1, 0.15) is 0 Å². The summed E-state index contributed by atoms with van der Waals surface area (Å²) in [6.07, 6.45) is 0. The number of carbonyl (C=O) groups excluding carboxylic acids is 1. The number of tetrazole rings is 1. The fourth-order valence-corrected chi connectivity index (χ4v) is 0.853. The van der Waals surface area contributed by atoms with Gasteiger partial charge in [0.25, 0.3) is 0 Å². The Kier molecular flexibility index (Phi) is 2.22. The van der Waals surface area contributed by atoms with Gasteiger partial charge in [-0.1, -0.05) is 5.10 Å². The summed E-state index contributed by atoms with van der Waals surface area (Å²) in [6.45, 7) is 0.105. The number of hydrogen-bond donors (Lipinski definition) is 1. The van der Waals surface area contributed by atoms with Crippen molar-refractivity contribution in [1.29, 1.82) is 0 Å². The van der Waals surface area contributed by atoms with Crippen molar-refractivity contribution in [3.05, 3.63) is 0 Å². The zero-order valence-corrected chi connectivity index (χ0v) is 6.93. The molecule has 1 aromatic heterocycles. The van der Waals surface area contributed by atoms with Crippen LogP contribution in [0.2, 0.25) is 0 Å². The fourth-order valence-electron chi connectivity index (χ4n) is 0.853. The van der Waals surface area contributed by atoms with E-state index < -0.39 is 5.91 Å². The summed E-state index contributed by atoms with van der Waals surface area (Å²) in [5.41, 5.74) is 4.99. The van der Waals surface area contributed by atoms with E-state index in [1.54, 1.807) is 19.0 Å². The Morgan fingerprint density at radius 2 is 2.42 bits per heavy atom. The van der Waals surface area contributed by atoms with Gasteiger partial charge in [0, 0.05) is 14.1 Å². The standard InChI is InChI=1S/C5H10N6O/c1-10(3-4(6)12)5-7-8-9-11(5)2/h3H2,1-2H3,(H2,6,12). The summed E-state index contributed by atoms with van der Waals surface area (Å²) < 4.78 is 1.46. The molecule has 1 amide bonds. The van der Waals surface area contributed by atoms with E-state index >= 15 is 0 Å². The highest BCUT2D eigenvalue weighted by molar-refractivity contribution is 5.78. The van der Waals surface area contributed by atoms with Crippen LogP contribution < -0.4 is 10.6 Å². The van der Waals surface area contributed by atoms with E-state index in [1.165, 1.54) is 4.68 Å². The van der Waals surface area contributed by atoms with E-state index in [4.69, 9.17) is 5.73 Å². The third-order valence-electron chi connectivity index (χ3n) is 1.33. The molecule has 1 aromatic rings. The number of nitrogens with two attached hydrogens (primary N) is 1. The van der Waals surface area contributed by atoms with Crippen molar-refractivity contribution in [1.82, 2.24) is 20.2 Å². The molecule has 0 aliphatic rings. The first-order chi connectivity index (χ1) is 5.61. The summed E-state index contributed by atoms with van der Waals surface area (Å²) >= 11 is 0. The molecule has 0 atom stereocenters. The van der Waals surface area contributed by atoms with Crippen LogP contribution in [-0.4, -0.2) is 39.7 Å². The van der Waals surface area contributed by atoms with Crippen LogP contribution in [-0.2, 0) is 11.8 Å². The minimum Gasteiger partial charge on any atom is -0.368 e. The number of likely N-dealkylation sites (N-methyl/N-ethyl adjacent to an activating group) is 1. The minimum absolute atomic E-state index is 0.105. The second-order valence-corrected chi connectivity index (χ2v) is 2.42. The van der Waals surface area contributed by atoms with E-state index in [0.717, 1.165) is 0 Å². The maximum atomic E-state index is 10.5. The van der Waals surface area contributed by atoms with Crippen LogP contribution >= 0.6 is 0 Å². The number of aryl methyl sites for hydroxylation is 1. The van der Waals surface area contributed by atoms with Gasteiger partial charge in [-0.3, -0.25) is 4.79 Å². The van der Waals surface area contributed by atoms with Crippen LogP contribution in [0.25, 0.3) is 0 Å². The molecule has 1 rings (SSSR count). The minimum atomic E-state index is -0.416. The Hall–Kier alpha value is -1.66. The Morgan fingerprint density at radius 1 is 1.75 bits per heavy atom. The Labute approximate surface area is 69.1 Å². The lowest BCUT2D eigenvalue weighted by atomic mass is 10.5. The molecule has 0 aliphatic heterocycles. The summed E-state index contributed by atoms with van der Waals surface area (Å²) in [6, 6.07) is 0. The molecule has 0 bridgehead atoms. The van der Waals surface area contributed by atoms with Crippen LogP contribution in [0.3, 0.4) is 0 Å². The first kappa shape index (κ1) is 8.44. The highest BCUT2D eigenvalue weighted by Gasteiger charge is 2.09. The summed E-state index contributed by atoms with van der Waals surface area (Å²) in [7, 11) is 3.38. The topological polar surface area (TPSA) is 89.9 Å². The average Bonchev–Trinajstić information content (AvgIpc) is 2.33. The molecule has 7 heteroatoms. The smallest absolute Gasteiger partial charge is 0.245 e. The Morgan fingerprint density at radius 3 is 2.83 bits per heavy atom. The number of amides is 1. The molecule has 66 valence electrons. The SMILES string of the molecule is CN(CC(N)=O)c1nnnn1C. The van der Waals surface area contributed by atoms with E-state index in [9.17, 15) is 4.79 Å². The first-order valence-electron chi connectivity index (χ1n) is 3.33. The highest BCUT2D eigenvalue weighted by atomic mass is 16.1. The van der Waals surface area contributed by atoms with Crippen molar-refractivity contribution in [3.63, 3.8) is 0 Å². The normalized spacial score (nSPS) is 9.83. The Balaban J connectivity index is 2.71. The molecule has 0 unspecified atom stereocenters. The monoisotopic (exact) mass is 170 g/mol. The molecular weight excluding hydrogens is 160 g/mol. The number of primary amides is 1. The second kappa shape index (κ2) is 3.16. The molecule has 1 heterocycles. The zero-order valence-electron chi connectivity index (χ0n) is 6.93. The predicted molar refractivity (Wildman–Crippen MR) is 41.3 cm³/mol. The molecule has 2 N–H and O–H groups in total. The number of rotatable bonds is 3. The number of nitrogens with zero attached hydrogens (tertiary/aromatic N) is 5. The van der Waals surface area contributed by atoms with Crippen molar-refractivity contribution in [3.8, 4) is 0 Å². The molecule has 12 heavy (non-hydrogen) atoms. The third-order valence-corrected chi connectivity index (χ3v) is 1.33. The van der Waals surface area contributed by atoms with Crippen molar-refractivity contribution >= 4 is 11.9 Å². The Bertz CT molecular complexity index is 281. The van der Waals surface area contributed by atoms with Gasteiger partial charge in [-0.15, -0.1) is 0 Å². The quantitative estimate of drug-likeness (QED) is 0.574. The van der Waals surface area contributed by atoms with Crippen molar-refractivity contribution < 1.29 is 4.79 Å². The maximum absolute atomic E-state index is 10.5. The van der Waals surface area contributed by atoms with Crippen molar-refractivity contribution in [2.24, 2.45) is 12.8 Å². The molecule has 0 aromatic carbocycles. The second-order valence-electron chi connectivity index (χ2n) is 2.42. The maximum Gasteiger partial charge on any atom is 0.245 e. The molecule has 7 nitrogen and oxygen atoms in total. The summed E-state index contributed by atoms with van der Waals surface area (Å²) in [5.74, 6) is 0.0919. The van der Waals surface area contributed by atoms with Gasteiger partial charge in [-0.05, 0) is 10.4 Å². The molecule has 0 spiro atoms. The molecular formula is C5H10N6O. The van der Waals surface area contributed by atoms with Gasteiger partial charge in [0.2, 0.25) is 11.9 Å². The summed E-state index contributed by atoms with van der Waals surface area (Å²) in [4.78, 5) is 12.1. The largest absolute Gasteiger partial charge is 0.368 e. The predicted octanol–water partition coefficient (Wildman–Crippen LogP) is -1.87. The third kappa shape index (κ3) is 1.68. The van der Waals surface area contributed by atoms with Gasteiger partial charge in [0.1, 0.15) is 0 Å². The van der Waals surface area contributed by atoms with Crippen LogP contribution in [0.4, 0.5) is 5.95 Å². The number of hydrogen-bond acceptors (Lipinski definition) is 5. The molecule has 0 saturated heterocycles. The fraction of sp³-hybridized carbons (Fsp3) is 0.600. The van der Waals surface area contributed by atoms with Gasteiger partial charge in [0.05, 0.1) is 6.54 Å². The van der Waals surface area contributed by atoms with Gasteiger partial charge < -0.3 is 10.6 Å². The number of aromatic nitrogens is 4. The van der Waals surface area contributed by atoms with Gasteiger partial charge >= 0.3 is 0 Å². The van der Waals surface area contributed by atoms with Crippen LogP contribution in [0.5, 0.6) is 0 Å². The summed E-state index contributed by atoms with van der Waals surface area (Å²) in [5, 5.41) is 10.7. The van der Waals surface area contributed by atoms with Crippen molar-refractivity contribution in [2.45, 2.75) is 0 Å². The van der Waals surface area contributed by atoms with E-state index in [-0.39, 0.29) is 6.54 Å². The first-order valence-corrected chi connectivity index (χ1v) is 3.33. The lowest BCUT2D eigenvalue weighted by Crippen LogP contribution is -2.32. The number of anilines is 1. The zero-order chi connectivity index (χ0) is 9.14. The molecule has 0 radical (unpaired) electrons. The van der Waals surface area contributed by atoms with Crippen LogP contribution in [0.15, 0.2) is 0 Å². The lowest BCUT2D eigenvalue weighted by molar-refractivity contribution is -0.116. The average molecular weight is 170 g/mol. The van der Waals surface area contributed by atoms with Gasteiger partial charge in [-0.2, -0.15) is 0 Å². The van der Waals surface area contributed by atoms with Gasteiger partial charge in [0.15, 0.2) is 0 Å². The molecule has 0 fully saturated rings. The highest BCUT2D eigenvalue weighted by Crippen LogP contribution is 2.01. The molecule has 0 aliphatic carbocycles. The lowest BCUT2D eigenvalue weighted by Gasteiger charge is -2.13. The number of carbonyl (C=O) groups is 1. The van der Waals surface area contributed by atoms with Crippen LogP contribution in [0, 0.1) is 0 Å².